The van der Waals surface area contributed by atoms with Crippen LogP contribution in [0.2, 0.25) is 0 Å². The Labute approximate surface area is 223 Å². The number of ether oxygens (including phenoxy) is 2. The zero-order valence-electron chi connectivity index (χ0n) is 22.1. The Morgan fingerprint density at radius 1 is 0.868 bits per heavy atom. The third-order valence-electron chi connectivity index (χ3n) is 9.13. The number of nitrogens with zero attached hydrogens (tertiary/aromatic N) is 2. The first-order valence-corrected chi connectivity index (χ1v) is 14.5. The lowest BCUT2D eigenvalue weighted by molar-refractivity contribution is -0.157. The van der Waals surface area contributed by atoms with Gasteiger partial charge in [-0.2, -0.15) is 0 Å². The third-order valence-corrected chi connectivity index (χ3v) is 9.13. The smallest absolute Gasteiger partial charge is 0.326 e. The topological polar surface area (TPSA) is 115 Å². The highest BCUT2D eigenvalue weighted by Gasteiger charge is 2.45. The van der Waals surface area contributed by atoms with Gasteiger partial charge in [0.2, 0.25) is 5.91 Å². The highest BCUT2D eigenvalue weighted by Crippen LogP contribution is 2.38. The molecule has 5 atom stereocenters. The van der Waals surface area contributed by atoms with Crippen LogP contribution < -0.4 is 10.3 Å². The number of esters is 1. The van der Waals surface area contributed by atoms with E-state index >= 15 is 0 Å². The van der Waals surface area contributed by atoms with Gasteiger partial charge in [0.15, 0.2) is 5.88 Å². The van der Waals surface area contributed by atoms with Crippen LogP contribution in [0.4, 0.5) is 0 Å². The largest absolute Gasteiger partial charge is 0.480 e. The fourth-order valence-corrected chi connectivity index (χ4v) is 7.12. The Morgan fingerprint density at radius 3 is 2.39 bits per heavy atom. The van der Waals surface area contributed by atoms with Crippen molar-refractivity contribution in [3.05, 3.63) is 28.6 Å². The number of fused-ring (bicyclic) bond motifs is 4. The average molecular weight is 529 g/mol. The van der Waals surface area contributed by atoms with Crippen molar-refractivity contribution in [1.82, 2.24) is 9.47 Å². The molecule has 2 saturated carbocycles. The highest BCUT2D eigenvalue weighted by atomic mass is 16.5. The first-order chi connectivity index (χ1) is 18.4. The van der Waals surface area contributed by atoms with Crippen molar-refractivity contribution >= 4 is 17.8 Å². The Kier molecular flexibility index (Phi) is 8.39. The summed E-state index contributed by atoms with van der Waals surface area (Å²) in [6, 6.07) is 3.86. The molecule has 1 saturated heterocycles. The van der Waals surface area contributed by atoms with Crippen molar-refractivity contribution in [3.63, 3.8) is 0 Å². The molecule has 2 bridgehead atoms. The number of aromatic nitrogens is 1. The van der Waals surface area contributed by atoms with E-state index in [1.54, 1.807) is 16.7 Å². The Morgan fingerprint density at radius 2 is 1.61 bits per heavy atom. The van der Waals surface area contributed by atoms with Crippen LogP contribution >= 0.6 is 0 Å². The summed E-state index contributed by atoms with van der Waals surface area (Å²) in [4.78, 5) is 53.4. The van der Waals surface area contributed by atoms with Gasteiger partial charge in [-0.05, 0) is 62.8 Å². The van der Waals surface area contributed by atoms with Crippen molar-refractivity contribution in [2.45, 2.75) is 108 Å². The van der Waals surface area contributed by atoms with Gasteiger partial charge in [0, 0.05) is 19.0 Å². The summed E-state index contributed by atoms with van der Waals surface area (Å²) in [5.41, 5.74) is -0.151. The maximum Gasteiger partial charge on any atom is 0.326 e. The highest BCUT2D eigenvalue weighted by molar-refractivity contribution is 5.88. The second-order valence-corrected chi connectivity index (χ2v) is 11.6. The molecule has 1 aromatic heterocycles. The molecule has 3 fully saturated rings. The molecule has 2 aliphatic heterocycles. The molecule has 38 heavy (non-hydrogen) atoms. The van der Waals surface area contributed by atoms with Gasteiger partial charge in [0.05, 0.1) is 18.9 Å². The monoisotopic (exact) mass is 528 g/mol. The van der Waals surface area contributed by atoms with E-state index in [0.717, 1.165) is 70.6 Å². The van der Waals surface area contributed by atoms with Gasteiger partial charge in [0.25, 0.3) is 5.56 Å². The van der Waals surface area contributed by atoms with Crippen LogP contribution in [-0.2, 0) is 25.7 Å². The normalized spacial score (nSPS) is 31.6. The Bertz CT molecular complexity index is 1080. The van der Waals surface area contributed by atoms with Crippen molar-refractivity contribution in [2.24, 2.45) is 17.8 Å². The minimum absolute atomic E-state index is 0.000685. The number of aliphatic carboxylic acids is 1. The number of hydrogen-bond donors (Lipinski definition) is 1. The van der Waals surface area contributed by atoms with Gasteiger partial charge in [-0.1, -0.05) is 31.7 Å². The predicted molar refractivity (Wildman–Crippen MR) is 139 cm³/mol. The van der Waals surface area contributed by atoms with Crippen LogP contribution in [0.1, 0.15) is 83.5 Å². The predicted octanol–water partition coefficient (Wildman–Crippen LogP) is 3.76. The van der Waals surface area contributed by atoms with Gasteiger partial charge in [-0.3, -0.25) is 19.0 Å². The van der Waals surface area contributed by atoms with E-state index < -0.39 is 24.0 Å². The minimum Gasteiger partial charge on any atom is -0.480 e. The van der Waals surface area contributed by atoms with E-state index in [1.165, 1.54) is 11.0 Å². The van der Waals surface area contributed by atoms with E-state index in [4.69, 9.17) is 9.47 Å². The van der Waals surface area contributed by atoms with Gasteiger partial charge in [-0.25, -0.2) is 4.79 Å². The lowest BCUT2D eigenvalue weighted by atomic mass is 9.86. The molecule has 2 aliphatic carbocycles. The van der Waals surface area contributed by atoms with E-state index in [-0.39, 0.29) is 48.8 Å². The molecule has 3 heterocycles. The lowest BCUT2D eigenvalue weighted by Crippen LogP contribution is -2.46. The number of carboxylic acid groups (broad SMARTS) is 1. The van der Waals surface area contributed by atoms with E-state index in [1.807, 2.05) is 0 Å². The average Bonchev–Trinajstić information content (AvgIpc) is 3.65. The number of hydrogen-bond acceptors (Lipinski definition) is 6. The molecule has 208 valence electrons. The summed E-state index contributed by atoms with van der Waals surface area (Å²) in [7, 11) is 0. The molecular formula is C29H40N2O7. The van der Waals surface area contributed by atoms with Crippen LogP contribution in [0.5, 0.6) is 5.88 Å². The van der Waals surface area contributed by atoms with Crippen molar-refractivity contribution in [1.29, 1.82) is 0 Å². The van der Waals surface area contributed by atoms with Crippen LogP contribution in [0, 0.1) is 17.8 Å². The van der Waals surface area contributed by atoms with Crippen LogP contribution in [-0.4, -0.2) is 57.2 Å². The maximum atomic E-state index is 13.9. The van der Waals surface area contributed by atoms with Gasteiger partial charge in [0.1, 0.15) is 18.2 Å². The summed E-state index contributed by atoms with van der Waals surface area (Å²) in [5, 5.41) is 9.99. The van der Waals surface area contributed by atoms with Crippen molar-refractivity contribution in [2.75, 3.05) is 6.54 Å². The van der Waals surface area contributed by atoms with Crippen molar-refractivity contribution < 1.29 is 29.0 Å². The SMILES string of the molecule is O=C1C[C@@H](C2CCCC2)C(=O)N2C[C@@H](C[C@H]2C(=O)O)Oc2cccc(=O)n2CCCCC[C@@H]2CCC[C@H]2O1. The molecule has 1 N–H and O–H groups in total. The number of carboxylic acids is 1. The molecule has 1 aromatic rings. The standard InChI is InChI=1S/C29H40N2O7/c32-25-13-7-14-26-30(25)15-5-1-2-10-20-11-6-12-24(20)38-27(33)17-22(19-8-3-4-9-19)28(34)31-18-21(37-26)16-23(31)29(35)36/h7,13-14,19-24H,1-6,8-12,15-18H2,(H,35,36)/t20-,21-,22+,23+,24-/m1/s1. The summed E-state index contributed by atoms with van der Waals surface area (Å²) in [5.74, 6) is -1.50. The molecule has 9 nitrogen and oxygen atoms in total. The first-order valence-electron chi connectivity index (χ1n) is 14.5. The number of rotatable bonds is 2. The fraction of sp³-hybridized carbons (Fsp3) is 0.724. The molecular weight excluding hydrogens is 488 g/mol. The van der Waals surface area contributed by atoms with Gasteiger partial charge >= 0.3 is 11.9 Å². The lowest BCUT2D eigenvalue weighted by Gasteiger charge is -2.30. The van der Waals surface area contributed by atoms with Crippen LogP contribution in [0.25, 0.3) is 0 Å². The quantitative estimate of drug-likeness (QED) is 0.581. The molecule has 0 aromatic carbocycles. The first kappa shape index (κ1) is 26.8. The molecule has 4 aliphatic rings. The molecule has 0 radical (unpaired) electrons. The fourth-order valence-electron chi connectivity index (χ4n) is 7.12. The minimum atomic E-state index is -1.08. The summed E-state index contributed by atoms with van der Waals surface area (Å²) in [6.07, 6.45) is 9.87. The number of amides is 1. The second kappa shape index (κ2) is 11.9. The number of pyridine rings is 1. The molecule has 5 rings (SSSR count). The summed E-state index contributed by atoms with van der Waals surface area (Å²) in [6.45, 7) is 0.626. The number of carbonyl (C=O) groups excluding carboxylic acids is 2. The Balaban J connectivity index is 1.44. The summed E-state index contributed by atoms with van der Waals surface area (Å²) >= 11 is 0. The Hall–Kier alpha value is -2.84. The van der Waals surface area contributed by atoms with E-state index in [2.05, 4.69) is 0 Å². The van der Waals surface area contributed by atoms with Crippen molar-refractivity contribution in [3.8, 4) is 5.88 Å². The summed E-state index contributed by atoms with van der Waals surface area (Å²) < 4.78 is 13.8. The molecule has 0 unspecified atom stereocenters. The second-order valence-electron chi connectivity index (χ2n) is 11.6. The zero-order chi connectivity index (χ0) is 26.6. The molecule has 0 spiro atoms. The molecule has 9 heteroatoms. The number of carbonyl (C=O) groups is 3. The zero-order valence-corrected chi connectivity index (χ0v) is 22.1. The van der Waals surface area contributed by atoms with E-state index in [9.17, 15) is 24.3 Å². The maximum absolute atomic E-state index is 13.9. The van der Waals surface area contributed by atoms with Gasteiger partial charge < -0.3 is 19.5 Å². The van der Waals surface area contributed by atoms with Crippen LogP contribution in [0.3, 0.4) is 0 Å². The van der Waals surface area contributed by atoms with Crippen LogP contribution in [0.15, 0.2) is 23.0 Å². The third kappa shape index (κ3) is 5.91. The van der Waals surface area contributed by atoms with Gasteiger partial charge in [-0.15, -0.1) is 0 Å². The van der Waals surface area contributed by atoms with E-state index in [0.29, 0.717) is 18.3 Å². The molecule has 1 amide bonds.